The second-order valence-corrected chi connectivity index (χ2v) is 30.9. The Hall–Kier alpha value is -3.76. The van der Waals surface area contributed by atoms with Crippen molar-refractivity contribution >= 4 is 39.5 Å². The van der Waals surface area contributed by atoms with E-state index < -0.39 is 97.5 Å². The number of esters is 4. The first kappa shape index (κ1) is 100. The minimum Gasteiger partial charge on any atom is -0.462 e. The maximum absolute atomic E-state index is 13.1. The molecule has 3 N–H and O–H groups in total. The van der Waals surface area contributed by atoms with Crippen molar-refractivity contribution in [2.24, 2.45) is 0 Å². The molecule has 0 heterocycles. The normalized spacial score (nSPS) is 14.3. The third-order valence-electron chi connectivity index (χ3n) is 17.8. The molecule has 0 aliphatic rings. The van der Waals surface area contributed by atoms with Crippen molar-refractivity contribution in [3.05, 3.63) is 85.1 Å². The van der Waals surface area contributed by atoms with Crippen LogP contribution in [0.1, 0.15) is 374 Å². The molecule has 0 aliphatic carbocycles. The third-order valence-corrected chi connectivity index (χ3v) is 19.7. The van der Waals surface area contributed by atoms with Gasteiger partial charge in [-0.2, -0.15) is 0 Å². The summed E-state index contributed by atoms with van der Waals surface area (Å²) in [6.07, 6.45) is 81.1. The van der Waals surface area contributed by atoms with Gasteiger partial charge in [-0.3, -0.25) is 37.3 Å². The summed E-state index contributed by atoms with van der Waals surface area (Å²) >= 11 is 0. The number of carbonyl (C=O) groups is 4. The minimum atomic E-state index is -4.98. The van der Waals surface area contributed by atoms with Gasteiger partial charge in [-0.15, -0.1) is 0 Å². The fraction of sp³-hybridized carbons (Fsp3) is 0.788. The van der Waals surface area contributed by atoms with Gasteiger partial charge in [0.25, 0.3) is 0 Å². The predicted octanol–water partition coefficient (Wildman–Crippen LogP) is 24.6. The lowest BCUT2D eigenvalue weighted by molar-refractivity contribution is -0.161. The molecule has 0 saturated heterocycles. The Morgan fingerprint density at radius 3 is 0.798 bits per heavy atom. The van der Waals surface area contributed by atoms with Crippen LogP contribution in [0.2, 0.25) is 0 Å². The van der Waals surface area contributed by atoms with Crippen LogP contribution in [0.5, 0.6) is 0 Å². The lowest BCUT2D eigenvalue weighted by Crippen LogP contribution is -2.30. The monoisotopic (exact) mass is 1510 g/mol. The lowest BCUT2D eigenvalue weighted by atomic mass is 10.0. The first-order valence-corrected chi connectivity index (χ1v) is 44.8. The number of hydrogen-bond acceptors (Lipinski definition) is 15. The van der Waals surface area contributed by atoms with Crippen LogP contribution in [0.25, 0.3) is 0 Å². The van der Waals surface area contributed by atoms with E-state index in [1.807, 2.05) is 0 Å². The van der Waals surface area contributed by atoms with Gasteiger partial charge in [-0.1, -0.05) is 312 Å². The zero-order valence-electron chi connectivity index (χ0n) is 66.2. The van der Waals surface area contributed by atoms with E-state index in [0.717, 1.165) is 167 Å². The van der Waals surface area contributed by atoms with E-state index in [4.69, 9.17) is 37.0 Å². The van der Waals surface area contributed by atoms with Crippen LogP contribution in [-0.4, -0.2) is 96.7 Å². The Kier molecular flexibility index (Phi) is 74.6. The Balaban J connectivity index is 5.37. The summed E-state index contributed by atoms with van der Waals surface area (Å²) in [5.74, 6) is -2.19. The molecule has 0 aromatic heterocycles. The quantitative estimate of drug-likeness (QED) is 0.0169. The van der Waals surface area contributed by atoms with Crippen LogP contribution in [-0.2, 0) is 65.4 Å². The van der Waals surface area contributed by atoms with Gasteiger partial charge in [0.1, 0.15) is 19.3 Å². The first-order chi connectivity index (χ1) is 50.7. The van der Waals surface area contributed by atoms with Gasteiger partial charge in [0, 0.05) is 25.7 Å². The molecule has 0 bridgehead atoms. The summed E-state index contributed by atoms with van der Waals surface area (Å²) < 4.78 is 68.7. The Morgan fingerprint density at radius 1 is 0.279 bits per heavy atom. The highest BCUT2D eigenvalue weighted by molar-refractivity contribution is 7.47. The van der Waals surface area contributed by atoms with Gasteiger partial charge in [-0.25, -0.2) is 9.13 Å². The van der Waals surface area contributed by atoms with Crippen LogP contribution in [0.4, 0.5) is 0 Å². The highest BCUT2D eigenvalue weighted by Gasteiger charge is 2.30. The van der Waals surface area contributed by atoms with E-state index >= 15 is 0 Å². The second kappa shape index (κ2) is 77.4. The van der Waals surface area contributed by atoms with Gasteiger partial charge in [0.05, 0.1) is 26.4 Å². The van der Waals surface area contributed by atoms with Crippen LogP contribution in [0.15, 0.2) is 85.1 Å². The smallest absolute Gasteiger partial charge is 0.462 e. The summed E-state index contributed by atoms with van der Waals surface area (Å²) in [5.41, 5.74) is 0. The van der Waals surface area contributed by atoms with E-state index in [-0.39, 0.29) is 25.7 Å². The molecule has 0 rings (SSSR count). The topological polar surface area (TPSA) is 237 Å². The van der Waals surface area contributed by atoms with Gasteiger partial charge in [-0.05, 0) is 122 Å². The number of allylic oxidation sites excluding steroid dienone is 14. The number of aliphatic hydroxyl groups is 1. The van der Waals surface area contributed by atoms with Crippen molar-refractivity contribution in [2.75, 3.05) is 39.6 Å². The number of aliphatic hydroxyl groups excluding tert-OH is 1. The largest absolute Gasteiger partial charge is 0.472 e. The fourth-order valence-electron chi connectivity index (χ4n) is 11.5. The SMILES string of the molecule is CC/C=C\C/C=C\C/C=C\C/C=C\C/C=C\CCCCCC(=O)OC[C@H](COP(=O)(O)OC[C@@H](O)COP(=O)(O)OC[C@@H](COC(=O)CCCCCCCCC/C=C\CCCCCC)OC(=O)CCCCCCCCCCCCCCCCC)OC(=O)CCCCCCCCC/C=C\CCCCCC. The zero-order valence-corrected chi connectivity index (χ0v) is 68.0. The molecule has 0 aromatic rings. The molecule has 0 amide bonds. The van der Waals surface area contributed by atoms with Crippen molar-refractivity contribution < 1.29 is 80.2 Å². The summed E-state index contributed by atoms with van der Waals surface area (Å²) in [4.78, 5) is 73.1. The number of rotatable bonds is 79. The molecular formula is C85H152O17P2. The van der Waals surface area contributed by atoms with Crippen molar-refractivity contribution in [3.63, 3.8) is 0 Å². The molecule has 0 saturated carbocycles. The molecular weight excluding hydrogens is 1350 g/mol. The standard InChI is InChI=1S/C85H152O17P2/c1-5-9-13-17-21-25-29-33-37-38-39-40-44-46-50-54-58-62-66-70-83(88)96-76-81(102-85(90)72-68-64-60-56-52-48-43-36-32-28-24-20-16-12-8-4)78-100-104(93,94)98-74-79(86)73-97-103(91,92)99-77-80(101-84(89)71-67-63-59-55-51-47-42-35-31-27-23-19-15-11-7-3)75-95-82(87)69-65-61-57-53-49-45-41-34-30-26-22-18-14-10-6-2/h9,13,21,25-26,28,30,32-33,37,39-40,46,50,79-81,86H,5-8,10-12,14-20,22-24,27,29,31,34-36,38,41-45,47-49,51-78H2,1-4H3,(H,91,92)(H,93,94)/b13-9-,25-21-,30-26-,32-28-,37-33-,40-39-,50-46-/t79-,80+,81+/m0/s1. The number of unbranched alkanes of at least 4 members (excludes halogenated alkanes) is 39. The summed E-state index contributed by atoms with van der Waals surface area (Å²) in [6.45, 7) is 4.77. The van der Waals surface area contributed by atoms with Crippen LogP contribution in [0.3, 0.4) is 0 Å². The maximum Gasteiger partial charge on any atom is 0.472 e. The Morgan fingerprint density at radius 2 is 0.500 bits per heavy atom. The van der Waals surface area contributed by atoms with Crippen molar-refractivity contribution in [1.29, 1.82) is 0 Å². The lowest BCUT2D eigenvalue weighted by Gasteiger charge is -2.21. The molecule has 0 aliphatic heterocycles. The average Bonchev–Trinajstić information content (AvgIpc) is 0.918. The highest BCUT2D eigenvalue weighted by atomic mass is 31.2. The fourth-order valence-corrected chi connectivity index (χ4v) is 13.1. The average molecular weight is 1510 g/mol. The van der Waals surface area contributed by atoms with Crippen LogP contribution < -0.4 is 0 Å². The van der Waals surface area contributed by atoms with Gasteiger partial charge in [0.2, 0.25) is 0 Å². The summed E-state index contributed by atoms with van der Waals surface area (Å²) in [7, 11) is -9.96. The molecule has 604 valence electrons. The molecule has 0 spiro atoms. The van der Waals surface area contributed by atoms with Crippen LogP contribution in [0, 0.1) is 0 Å². The van der Waals surface area contributed by atoms with Crippen molar-refractivity contribution in [3.8, 4) is 0 Å². The molecule has 2 unspecified atom stereocenters. The summed E-state index contributed by atoms with van der Waals surface area (Å²) in [6, 6.07) is 0. The molecule has 0 fully saturated rings. The van der Waals surface area contributed by atoms with Crippen molar-refractivity contribution in [2.45, 2.75) is 393 Å². The third kappa shape index (κ3) is 76.4. The number of hydrogen-bond donors (Lipinski definition) is 3. The minimum absolute atomic E-state index is 0.0839. The molecule has 19 heteroatoms. The number of phosphoric ester groups is 2. The highest BCUT2D eigenvalue weighted by Crippen LogP contribution is 2.45. The van der Waals surface area contributed by atoms with E-state index in [1.54, 1.807) is 0 Å². The number of carbonyl (C=O) groups excluding carboxylic acids is 4. The van der Waals surface area contributed by atoms with Gasteiger partial charge >= 0.3 is 39.5 Å². The Labute approximate surface area is 634 Å². The van der Waals surface area contributed by atoms with E-state index in [2.05, 4.69) is 113 Å². The molecule has 5 atom stereocenters. The van der Waals surface area contributed by atoms with E-state index in [1.165, 1.54) is 128 Å². The van der Waals surface area contributed by atoms with E-state index in [9.17, 15) is 43.2 Å². The number of ether oxygens (including phenoxy) is 4. The predicted molar refractivity (Wildman–Crippen MR) is 427 cm³/mol. The maximum atomic E-state index is 13.1. The second-order valence-electron chi connectivity index (χ2n) is 28.0. The molecule has 104 heavy (non-hydrogen) atoms. The Bertz CT molecular complexity index is 2300. The van der Waals surface area contributed by atoms with E-state index in [0.29, 0.717) is 25.7 Å². The molecule has 0 aromatic carbocycles. The molecule has 0 radical (unpaired) electrons. The first-order valence-electron chi connectivity index (χ1n) is 41.8. The van der Waals surface area contributed by atoms with Crippen LogP contribution >= 0.6 is 15.6 Å². The number of phosphoric acid groups is 2. The zero-order chi connectivity index (χ0) is 76.0. The molecule has 17 nitrogen and oxygen atoms in total. The summed E-state index contributed by atoms with van der Waals surface area (Å²) in [5, 5.41) is 10.7. The van der Waals surface area contributed by atoms with Gasteiger partial charge in [0.15, 0.2) is 12.2 Å². The van der Waals surface area contributed by atoms with Crippen molar-refractivity contribution in [1.82, 2.24) is 0 Å². The van der Waals surface area contributed by atoms with Gasteiger partial charge < -0.3 is 33.8 Å².